The van der Waals surface area contributed by atoms with Crippen molar-refractivity contribution in [1.82, 2.24) is 9.55 Å². The van der Waals surface area contributed by atoms with Crippen LogP contribution in [0, 0.1) is 0 Å². The molecule has 72 valence electrons. The fourth-order valence-corrected chi connectivity index (χ4v) is 1.31. The molecule has 0 spiro atoms. The van der Waals surface area contributed by atoms with Crippen molar-refractivity contribution in [2.24, 2.45) is 0 Å². The predicted octanol–water partition coefficient (Wildman–Crippen LogP) is 1.99. The first-order valence-electron chi connectivity index (χ1n) is 4.69. The van der Waals surface area contributed by atoms with Crippen LogP contribution in [0.2, 0.25) is 0 Å². The Morgan fingerprint density at radius 3 is 2.92 bits per heavy atom. The Labute approximate surface area is 78.8 Å². The number of hydrogen-bond acceptors (Lipinski definition) is 2. The van der Waals surface area contributed by atoms with E-state index in [1.54, 1.807) is 13.1 Å². The Morgan fingerprint density at radius 1 is 1.69 bits per heavy atom. The topological polar surface area (TPSA) is 34.9 Å². The predicted molar refractivity (Wildman–Crippen MR) is 51.6 cm³/mol. The molecule has 1 unspecified atom stereocenters. The van der Waals surface area contributed by atoms with Gasteiger partial charge < -0.3 is 4.57 Å². The van der Waals surface area contributed by atoms with Gasteiger partial charge in [0.05, 0.1) is 6.04 Å². The summed E-state index contributed by atoms with van der Waals surface area (Å²) in [5.74, 6) is 1.18. The number of aryl methyl sites for hydroxylation is 1. The first kappa shape index (κ1) is 9.96. The third-order valence-corrected chi connectivity index (χ3v) is 2.23. The lowest BCUT2D eigenvalue weighted by Crippen LogP contribution is -2.15. The zero-order chi connectivity index (χ0) is 9.84. The van der Waals surface area contributed by atoms with Gasteiger partial charge in [0, 0.05) is 18.8 Å². The van der Waals surface area contributed by atoms with Crippen molar-refractivity contribution in [2.45, 2.75) is 39.7 Å². The van der Waals surface area contributed by atoms with Crippen LogP contribution in [0.25, 0.3) is 0 Å². The summed E-state index contributed by atoms with van der Waals surface area (Å²) < 4.78 is 1.95. The number of nitrogens with zero attached hydrogens (tertiary/aromatic N) is 2. The average Bonchev–Trinajstić information content (AvgIpc) is 2.52. The normalized spacial score (nSPS) is 12.8. The van der Waals surface area contributed by atoms with Gasteiger partial charge in [0.25, 0.3) is 0 Å². The van der Waals surface area contributed by atoms with Gasteiger partial charge in [-0.05, 0) is 20.3 Å². The van der Waals surface area contributed by atoms with Crippen molar-refractivity contribution in [3.05, 3.63) is 18.2 Å². The molecule has 0 bridgehead atoms. The molecule has 1 aromatic heterocycles. The van der Waals surface area contributed by atoms with Crippen molar-refractivity contribution >= 4 is 5.78 Å². The standard InChI is InChI=1S/C10H16N2O/c1-4-5-10-11-6-7-12(10)8(2)9(3)13/h6-8H,4-5H2,1-3H3. The molecule has 0 aliphatic rings. The van der Waals surface area contributed by atoms with E-state index in [0.717, 1.165) is 18.7 Å². The van der Waals surface area contributed by atoms with Crippen molar-refractivity contribution in [3.63, 3.8) is 0 Å². The van der Waals surface area contributed by atoms with Crippen molar-refractivity contribution in [2.75, 3.05) is 0 Å². The Morgan fingerprint density at radius 2 is 2.38 bits per heavy atom. The summed E-state index contributed by atoms with van der Waals surface area (Å²) in [6.45, 7) is 5.63. The highest BCUT2D eigenvalue weighted by atomic mass is 16.1. The van der Waals surface area contributed by atoms with Crippen LogP contribution in [0.1, 0.15) is 39.1 Å². The highest BCUT2D eigenvalue weighted by Gasteiger charge is 2.12. The molecule has 0 saturated heterocycles. The fraction of sp³-hybridized carbons (Fsp3) is 0.600. The Hall–Kier alpha value is -1.12. The van der Waals surface area contributed by atoms with Gasteiger partial charge in [0.2, 0.25) is 0 Å². The van der Waals surface area contributed by atoms with E-state index in [4.69, 9.17) is 0 Å². The number of Topliss-reactive ketones (excluding diaryl/α,β-unsaturated/α-hetero) is 1. The maximum Gasteiger partial charge on any atom is 0.152 e. The first-order valence-corrected chi connectivity index (χ1v) is 4.69. The number of hydrogen-bond donors (Lipinski definition) is 0. The summed E-state index contributed by atoms with van der Waals surface area (Å²) in [7, 11) is 0. The van der Waals surface area contributed by atoms with E-state index in [0.29, 0.717) is 0 Å². The van der Waals surface area contributed by atoms with Crippen LogP contribution >= 0.6 is 0 Å². The summed E-state index contributed by atoms with van der Waals surface area (Å²) in [6, 6.07) is -0.0796. The molecular formula is C10H16N2O. The Bertz CT molecular complexity index is 291. The first-order chi connectivity index (χ1) is 6.16. The molecule has 0 radical (unpaired) electrons. The second kappa shape index (κ2) is 4.21. The van der Waals surface area contributed by atoms with E-state index in [9.17, 15) is 4.79 Å². The van der Waals surface area contributed by atoms with Gasteiger partial charge in [-0.1, -0.05) is 6.92 Å². The minimum absolute atomic E-state index is 0.0796. The van der Waals surface area contributed by atoms with Gasteiger partial charge in [0.1, 0.15) is 5.82 Å². The molecular weight excluding hydrogens is 164 g/mol. The molecule has 3 nitrogen and oxygen atoms in total. The van der Waals surface area contributed by atoms with Crippen LogP contribution < -0.4 is 0 Å². The van der Waals surface area contributed by atoms with E-state index >= 15 is 0 Å². The number of carbonyl (C=O) groups is 1. The SMILES string of the molecule is CCCc1nccn1C(C)C(C)=O. The molecule has 3 heteroatoms. The monoisotopic (exact) mass is 180 g/mol. The highest BCUT2D eigenvalue weighted by molar-refractivity contribution is 5.79. The maximum atomic E-state index is 11.1. The molecule has 0 N–H and O–H groups in total. The van der Waals surface area contributed by atoms with Crippen molar-refractivity contribution < 1.29 is 4.79 Å². The number of imidazole rings is 1. The summed E-state index contributed by atoms with van der Waals surface area (Å²) in [5, 5.41) is 0. The molecule has 1 aromatic rings. The van der Waals surface area contributed by atoms with Gasteiger partial charge in [-0.15, -0.1) is 0 Å². The maximum absolute atomic E-state index is 11.1. The van der Waals surface area contributed by atoms with Gasteiger partial charge in [0.15, 0.2) is 5.78 Å². The molecule has 0 amide bonds. The molecule has 0 fully saturated rings. The third-order valence-electron chi connectivity index (χ3n) is 2.23. The van der Waals surface area contributed by atoms with Gasteiger partial charge in [-0.3, -0.25) is 4.79 Å². The zero-order valence-corrected chi connectivity index (χ0v) is 8.45. The van der Waals surface area contributed by atoms with Crippen LogP contribution in [0.4, 0.5) is 0 Å². The van der Waals surface area contributed by atoms with Crippen LogP contribution in [0.3, 0.4) is 0 Å². The number of aromatic nitrogens is 2. The van der Waals surface area contributed by atoms with Crippen LogP contribution in [-0.4, -0.2) is 15.3 Å². The molecule has 0 aliphatic heterocycles. The number of rotatable bonds is 4. The fourth-order valence-electron chi connectivity index (χ4n) is 1.31. The molecule has 1 atom stereocenters. The molecule has 1 rings (SSSR count). The van der Waals surface area contributed by atoms with Crippen LogP contribution in [0.15, 0.2) is 12.4 Å². The number of carbonyl (C=O) groups excluding carboxylic acids is 1. The Kier molecular flexibility index (Phi) is 3.23. The lowest BCUT2D eigenvalue weighted by Gasteiger charge is -2.12. The molecule has 0 saturated carbocycles. The lowest BCUT2D eigenvalue weighted by atomic mass is 10.2. The summed E-state index contributed by atoms with van der Waals surface area (Å²) in [6.07, 6.45) is 5.62. The second-order valence-corrected chi connectivity index (χ2v) is 3.29. The quantitative estimate of drug-likeness (QED) is 0.710. The average molecular weight is 180 g/mol. The summed E-state index contributed by atoms with van der Waals surface area (Å²) >= 11 is 0. The minimum atomic E-state index is -0.0796. The summed E-state index contributed by atoms with van der Waals surface area (Å²) in [4.78, 5) is 15.4. The lowest BCUT2D eigenvalue weighted by molar-refractivity contribution is -0.119. The van der Waals surface area contributed by atoms with Crippen LogP contribution in [-0.2, 0) is 11.2 Å². The van der Waals surface area contributed by atoms with E-state index in [-0.39, 0.29) is 11.8 Å². The van der Waals surface area contributed by atoms with E-state index in [1.165, 1.54) is 0 Å². The molecule has 1 heterocycles. The van der Waals surface area contributed by atoms with E-state index in [2.05, 4.69) is 11.9 Å². The summed E-state index contributed by atoms with van der Waals surface area (Å²) in [5.41, 5.74) is 0. The van der Waals surface area contributed by atoms with E-state index in [1.807, 2.05) is 17.7 Å². The molecule has 0 aromatic carbocycles. The third kappa shape index (κ3) is 2.17. The van der Waals surface area contributed by atoms with Gasteiger partial charge in [-0.25, -0.2) is 4.98 Å². The van der Waals surface area contributed by atoms with Crippen molar-refractivity contribution in [1.29, 1.82) is 0 Å². The van der Waals surface area contributed by atoms with E-state index < -0.39 is 0 Å². The largest absolute Gasteiger partial charge is 0.325 e. The Balaban J connectivity index is 2.86. The second-order valence-electron chi connectivity index (χ2n) is 3.29. The van der Waals surface area contributed by atoms with Gasteiger partial charge >= 0.3 is 0 Å². The highest BCUT2D eigenvalue weighted by Crippen LogP contribution is 2.11. The minimum Gasteiger partial charge on any atom is -0.325 e. The molecule has 13 heavy (non-hydrogen) atoms. The number of ketones is 1. The smallest absolute Gasteiger partial charge is 0.152 e. The zero-order valence-electron chi connectivity index (χ0n) is 8.45. The van der Waals surface area contributed by atoms with Gasteiger partial charge in [-0.2, -0.15) is 0 Å². The van der Waals surface area contributed by atoms with Crippen LogP contribution in [0.5, 0.6) is 0 Å². The molecule has 0 aliphatic carbocycles. The van der Waals surface area contributed by atoms with Crippen molar-refractivity contribution in [3.8, 4) is 0 Å².